The summed E-state index contributed by atoms with van der Waals surface area (Å²) in [5.41, 5.74) is 0. The van der Waals surface area contributed by atoms with Crippen LogP contribution in [-0.4, -0.2) is 45.4 Å². The third kappa shape index (κ3) is 3.16. The predicted molar refractivity (Wildman–Crippen MR) is 59.4 cm³/mol. The average molecular weight is 250 g/mol. The van der Waals surface area contributed by atoms with Crippen molar-refractivity contribution in [2.75, 3.05) is 13.7 Å². The monoisotopic (exact) mass is 250 g/mol. The molecule has 0 aromatic heterocycles. The maximum absolute atomic E-state index is 11.6. The van der Waals surface area contributed by atoms with E-state index in [1.807, 2.05) is 0 Å². The summed E-state index contributed by atoms with van der Waals surface area (Å²) in [5.74, 6) is -0.506. The largest absolute Gasteiger partial charge is 0.380 e. The van der Waals surface area contributed by atoms with Gasteiger partial charge in [-0.05, 0) is 20.3 Å². The summed E-state index contributed by atoms with van der Waals surface area (Å²) < 4.78 is 30.0. The van der Waals surface area contributed by atoms with Crippen molar-refractivity contribution in [2.45, 2.75) is 37.7 Å². The van der Waals surface area contributed by atoms with Gasteiger partial charge in [0, 0.05) is 13.7 Å². The van der Waals surface area contributed by atoms with Gasteiger partial charge in [-0.15, -0.1) is 0 Å². The molecule has 1 heterocycles. The maximum Gasteiger partial charge on any atom is 0.250 e. The van der Waals surface area contributed by atoms with E-state index in [-0.39, 0.29) is 6.10 Å². The molecule has 1 aliphatic heterocycles. The zero-order valence-corrected chi connectivity index (χ0v) is 10.5. The molecule has 2 atom stereocenters. The fourth-order valence-corrected chi connectivity index (χ4v) is 2.07. The molecule has 7 heteroatoms. The van der Waals surface area contributed by atoms with E-state index in [1.54, 1.807) is 7.11 Å². The zero-order chi connectivity index (χ0) is 12.3. The summed E-state index contributed by atoms with van der Waals surface area (Å²) in [4.78, 5) is 11.6. The van der Waals surface area contributed by atoms with E-state index in [2.05, 4.69) is 10.0 Å². The number of hydrogen-bond acceptors (Lipinski definition) is 5. The highest BCUT2D eigenvalue weighted by molar-refractivity contribution is 7.90. The summed E-state index contributed by atoms with van der Waals surface area (Å²) in [6.07, 6.45) is 0.466. The minimum atomic E-state index is -3.54. The molecule has 0 aromatic rings. The number of amides is 1. The fourth-order valence-electron chi connectivity index (χ4n) is 1.41. The Morgan fingerprint density at radius 3 is 2.56 bits per heavy atom. The van der Waals surface area contributed by atoms with Gasteiger partial charge in [0.1, 0.15) is 0 Å². The van der Waals surface area contributed by atoms with Crippen LogP contribution in [-0.2, 0) is 19.6 Å². The molecule has 1 fully saturated rings. The van der Waals surface area contributed by atoms with E-state index < -0.39 is 27.2 Å². The molecule has 2 unspecified atom stereocenters. The Labute approximate surface area is 95.8 Å². The molecule has 0 aliphatic carbocycles. The molecule has 0 aromatic carbocycles. The molecule has 1 rings (SSSR count). The third-order valence-corrected chi connectivity index (χ3v) is 4.33. The highest BCUT2D eigenvalue weighted by Gasteiger charge is 2.31. The molecule has 0 radical (unpaired) electrons. The number of methoxy groups -OCH3 is 1. The smallest absolute Gasteiger partial charge is 0.250 e. The predicted octanol–water partition coefficient (Wildman–Crippen LogP) is -0.782. The van der Waals surface area contributed by atoms with E-state index in [0.29, 0.717) is 13.0 Å². The van der Waals surface area contributed by atoms with Gasteiger partial charge >= 0.3 is 0 Å². The number of nitrogens with one attached hydrogen (secondary N) is 2. The van der Waals surface area contributed by atoms with Gasteiger partial charge < -0.3 is 10.1 Å². The number of ether oxygens (including phenoxy) is 1. The highest BCUT2D eigenvalue weighted by atomic mass is 32.2. The Kier molecular flexibility index (Phi) is 4.28. The van der Waals surface area contributed by atoms with Crippen LogP contribution in [0.15, 0.2) is 0 Å². The lowest BCUT2D eigenvalue weighted by Gasteiger charge is -2.13. The molecular formula is C9H18N2O4S. The number of hydrogen-bond donors (Lipinski definition) is 2. The molecule has 94 valence electrons. The second-order valence-corrected chi connectivity index (χ2v) is 6.35. The summed E-state index contributed by atoms with van der Waals surface area (Å²) >= 11 is 0. The standard InChI is InChI=1S/C9H18N2O4S/c1-6(2)16(13,14)11-9(12)8-4-7(15-3)5-10-8/h6-8,10H,4-5H2,1-3H3,(H,11,12). The van der Waals surface area contributed by atoms with Crippen LogP contribution in [0.25, 0.3) is 0 Å². The Morgan fingerprint density at radius 2 is 2.12 bits per heavy atom. The van der Waals surface area contributed by atoms with Crippen molar-refractivity contribution in [3.63, 3.8) is 0 Å². The molecule has 0 saturated carbocycles. The lowest BCUT2D eigenvalue weighted by atomic mass is 10.2. The molecular weight excluding hydrogens is 232 g/mol. The van der Waals surface area contributed by atoms with E-state index >= 15 is 0 Å². The van der Waals surface area contributed by atoms with Gasteiger partial charge in [0.15, 0.2) is 0 Å². The van der Waals surface area contributed by atoms with Crippen LogP contribution in [0.3, 0.4) is 0 Å². The summed E-state index contributed by atoms with van der Waals surface area (Å²) in [7, 11) is -1.97. The SMILES string of the molecule is COC1CNC(C(=O)NS(=O)(=O)C(C)C)C1. The summed E-state index contributed by atoms with van der Waals surface area (Å²) in [6, 6.07) is -0.488. The van der Waals surface area contributed by atoms with Crippen LogP contribution in [0, 0.1) is 0 Å². The van der Waals surface area contributed by atoms with Gasteiger partial charge in [-0.1, -0.05) is 0 Å². The van der Waals surface area contributed by atoms with Gasteiger partial charge in [-0.25, -0.2) is 8.42 Å². The van der Waals surface area contributed by atoms with E-state index in [4.69, 9.17) is 4.74 Å². The molecule has 0 spiro atoms. The molecule has 16 heavy (non-hydrogen) atoms. The first-order chi connectivity index (χ1) is 7.36. The van der Waals surface area contributed by atoms with Gasteiger partial charge in [0.2, 0.25) is 10.0 Å². The van der Waals surface area contributed by atoms with Crippen molar-refractivity contribution in [1.29, 1.82) is 0 Å². The third-order valence-electron chi connectivity index (χ3n) is 2.60. The van der Waals surface area contributed by atoms with Crippen LogP contribution in [0.2, 0.25) is 0 Å². The Balaban J connectivity index is 2.55. The highest BCUT2D eigenvalue weighted by Crippen LogP contribution is 2.10. The minimum absolute atomic E-state index is 0.0301. The minimum Gasteiger partial charge on any atom is -0.380 e. The second-order valence-electron chi connectivity index (χ2n) is 4.11. The van der Waals surface area contributed by atoms with E-state index in [9.17, 15) is 13.2 Å². The fraction of sp³-hybridized carbons (Fsp3) is 0.889. The number of carbonyl (C=O) groups is 1. The van der Waals surface area contributed by atoms with E-state index in [1.165, 1.54) is 13.8 Å². The zero-order valence-electron chi connectivity index (χ0n) is 9.69. The summed E-state index contributed by atoms with van der Waals surface area (Å²) in [6.45, 7) is 3.61. The lowest BCUT2D eigenvalue weighted by molar-refractivity contribution is -0.121. The van der Waals surface area contributed by atoms with Gasteiger partial charge in [0.25, 0.3) is 5.91 Å². The molecule has 2 N–H and O–H groups in total. The Morgan fingerprint density at radius 1 is 1.50 bits per heavy atom. The maximum atomic E-state index is 11.6. The number of carbonyl (C=O) groups excluding carboxylic acids is 1. The van der Waals surface area contributed by atoms with Crippen molar-refractivity contribution < 1.29 is 17.9 Å². The van der Waals surface area contributed by atoms with Gasteiger partial charge in [-0.3, -0.25) is 9.52 Å². The Bertz CT molecular complexity index is 353. The van der Waals surface area contributed by atoms with Gasteiger partial charge in [-0.2, -0.15) is 0 Å². The first-order valence-corrected chi connectivity index (χ1v) is 6.73. The normalized spacial score (nSPS) is 26.0. The molecule has 0 bridgehead atoms. The quantitative estimate of drug-likeness (QED) is 0.683. The van der Waals surface area contributed by atoms with Crippen LogP contribution >= 0.6 is 0 Å². The molecule has 1 amide bonds. The number of sulfonamides is 1. The molecule has 6 nitrogen and oxygen atoms in total. The van der Waals surface area contributed by atoms with E-state index in [0.717, 1.165) is 0 Å². The van der Waals surface area contributed by atoms with Crippen LogP contribution in [0.4, 0.5) is 0 Å². The first-order valence-electron chi connectivity index (χ1n) is 5.18. The average Bonchev–Trinajstić information content (AvgIpc) is 2.64. The van der Waals surface area contributed by atoms with Crippen LogP contribution < -0.4 is 10.0 Å². The van der Waals surface area contributed by atoms with Crippen molar-refractivity contribution in [1.82, 2.24) is 10.0 Å². The molecule has 1 saturated heterocycles. The van der Waals surface area contributed by atoms with Crippen LogP contribution in [0.1, 0.15) is 20.3 Å². The lowest BCUT2D eigenvalue weighted by Crippen LogP contribution is -2.45. The second kappa shape index (κ2) is 5.11. The van der Waals surface area contributed by atoms with Crippen molar-refractivity contribution in [3.05, 3.63) is 0 Å². The topological polar surface area (TPSA) is 84.5 Å². The molecule has 1 aliphatic rings. The van der Waals surface area contributed by atoms with Crippen molar-refractivity contribution in [3.8, 4) is 0 Å². The Hall–Kier alpha value is -0.660. The van der Waals surface area contributed by atoms with Crippen molar-refractivity contribution >= 4 is 15.9 Å². The summed E-state index contributed by atoms with van der Waals surface area (Å²) in [5, 5.41) is 2.30. The number of rotatable bonds is 4. The van der Waals surface area contributed by atoms with Crippen LogP contribution in [0.5, 0.6) is 0 Å². The first kappa shape index (κ1) is 13.4. The van der Waals surface area contributed by atoms with Gasteiger partial charge in [0.05, 0.1) is 17.4 Å². The van der Waals surface area contributed by atoms with Crippen molar-refractivity contribution in [2.24, 2.45) is 0 Å².